The van der Waals surface area contributed by atoms with Gasteiger partial charge in [0.2, 0.25) is 5.91 Å². The fraction of sp³-hybridized carbons (Fsp3) is 0.429. The van der Waals surface area contributed by atoms with Gasteiger partial charge in [-0.2, -0.15) is 0 Å². The number of halogens is 1. The van der Waals surface area contributed by atoms with Gasteiger partial charge in [0, 0.05) is 43.5 Å². The molecule has 2 aliphatic heterocycles. The largest absolute Gasteiger partial charge is 0.378 e. The van der Waals surface area contributed by atoms with Gasteiger partial charge in [0.25, 0.3) is 0 Å². The molecule has 0 saturated carbocycles. The van der Waals surface area contributed by atoms with Gasteiger partial charge in [-0.25, -0.2) is 9.37 Å². The van der Waals surface area contributed by atoms with E-state index in [2.05, 4.69) is 34.3 Å². The van der Waals surface area contributed by atoms with E-state index < -0.39 is 0 Å². The van der Waals surface area contributed by atoms with Crippen molar-refractivity contribution in [1.82, 2.24) is 4.98 Å². The Kier molecular flexibility index (Phi) is 5.17. The second kappa shape index (κ2) is 7.75. The third-order valence-corrected chi connectivity index (χ3v) is 5.46. The lowest BCUT2D eigenvalue weighted by atomic mass is 9.87. The molecule has 1 N–H and O–H groups in total. The molecule has 2 aromatic rings. The highest BCUT2D eigenvalue weighted by Crippen LogP contribution is 2.41. The SMILES string of the molecule is CC(=O)N1CC(C)[C@@H](Nc2ccc(F)cn2)c2cc(N3CCOCC3)ccc21. The lowest BCUT2D eigenvalue weighted by Gasteiger charge is -2.40. The number of carbonyl (C=O) groups is 1. The zero-order chi connectivity index (χ0) is 19.7. The van der Waals surface area contributed by atoms with Crippen molar-refractivity contribution in [2.45, 2.75) is 19.9 Å². The van der Waals surface area contributed by atoms with E-state index in [0.717, 1.165) is 30.0 Å². The Labute approximate surface area is 164 Å². The standard InChI is InChI=1S/C21H25FN4O2/c1-14-13-26(15(2)27)19-5-4-17(25-7-9-28-10-8-25)11-18(19)21(14)24-20-6-3-16(22)12-23-20/h3-6,11-12,14,21H,7-10,13H2,1-2H3,(H,23,24)/t14?,21-/m1/s1. The third-order valence-electron chi connectivity index (χ3n) is 5.46. The summed E-state index contributed by atoms with van der Waals surface area (Å²) in [5.41, 5.74) is 3.10. The molecule has 0 spiro atoms. The number of benzene rings is 1. The van der Waals surface area contributed by atoms with Crippen molar-refractivity contribution in [2.24, 2.45) is 5.92 Å². The predicted octanol–water partition coefficient (Wildman–Crippen LogP) is 3.21. The number of nitrogens with one attached hydrogen (secondary N) is 1. The van der Waals surface area contributed by atoms with Gasteiger partial charge in [0.05, 0.1) is 25.5 Å². The third kappa shape index (κ3) is 3.67. The zero-order valence-electron chi connectivity index (χ0n) is 16.2. The zero-order valence-corrected chi connectivity index (χ0v) is 16.2. The van der Waals surface area contributed by atoms with Crippen LogP contribution in [0.1, 0.15) is 25.5 Å². The van der Waals surface area contributed by atoms with Crippen molar-refractivity contribution in [1.29, 1.82) is 0 Å². The van der Waals surface area contributed by atoms with Crippen molar-refractivity contribution in [3.05, 3.63) is 47.9 Å². The number of carbonyl (C=O) groups excluding carboxylic acids is 1. The van der Waals surface area contributed by atoms with Gasteiger partial charge in [-0.1, -0.05) is 6.92 Å². The fourth-order valence-electron chi connectivity index (χ4n) is 3.99. The van der Waals surface area contributed by atoms with Crippen molar-refractivity contribution >= 4 is 23.1 Å². The van der Waals surface area contributed by atoms with Gasteiger partial charge in [-0.3, -0.25) is 4.79 Å². The van der Waals surface area contributed by atoms with E-state index in [1.807, 2.05) is 11.0 Å². The van der Waals surface area contributed by atoms with Gasteiger partial charge in [0.15, 0.2) is 0 Å². The highest BCUT2D eigenvalue weighted by atomic mass is 19.1. The summed E-state index contributed by atoms with van der Waals surface area (Å²) < 4.78 is 18.7. The van der Waals surface area contributed by atoms with Crippen LogP contribution in [0, 0.1) is 11.7 Å². The van der Waals surface area contributed by atoms with Crippen LogP contribution in [0.15, 0.2) is 36.5 Å². The van der Waals surface area contributed by atoms with Gasteiger partial charge in [-0.05, 0) is 36.2 Å². The maximum atomic E-state index is 13.2. The molecule has 7 heteroatoms. The fourth-order valence-corrected chi connectivity index (χ4v) is 3.99. The maximum absolute atomic E-state index is 13.2. The monoisotopic (exact) mass is 384 g/mol. The topological polar surface area (TPSA) is 57.7 Å². The molecule has 28 heavy (non-hydrogen) atoms. The molecule has 1 aromatic carbocycles. The first-order valence-corrected chi connectivity index (χ1v) is 9.66. The Morgan fingerprint density at radius 2 is 2.04 bits per heavy atom. The number of ether oxygens (including phenoxy) is 1. The second-order valence-electron chi connectivity index (χ2n) is 7.43. The van der Waals surface area contributed by atoms with Crippen LogP contribution in [0.25, 0.3) is 0 Å². The minimum atomic E-state index is -0.361. The molecule has 1 aromatic heterocycles. The van der Waals surface area contributed by atoms with Crippen molar-refractivity contribution < 1.29 is 13.9 Å². The molecule has 0 bridgehead atoms. The maximum Gasteiger partial charge on any atom is 0.223 e. The van der Waals surface area contributed by atoms with E-state index >= 15 is 0 Å². The van der Waals surface area contributed by atoms with Crippen LogP contribution in [0.4, 0.5) is 21.6 Å². The van der Waals surface area contributed by atoms with Crippen LogP contribution in [-0.2, 0) is 9.53 Å². The summed E-state index contributed by atoms with van der Waals surface area (Å²) in [4.78, 5) is 20.5. The van der Waals surface area contributed by atoms with E-state index in [1.165, 1.54) is 12.3 Å². The molecular weight excluding hydrogens is 359 g/mol. The highest BCUT2D eigenvalue weighted by molar-refractivity contribution is 5.93. The number of hydrogen-bond donors (Lipinski definition) is 1. The van der Waals surface area contributed by atoms with Crippen molar-refractivity contribution in [3.63, 3.8) is 0 Å². The Morgan fingerprint density at radius 3 is 2.71 bits per heavy atom. The van der Waals surface area contributed by atoms with Gasteiger partial charge in [-0.15, -0.1) is 0 Å². The molecule has 2 atom stereocenters. The molecule has 0 radical (unpaired) electrons. The average molecular weight is 384 g/mol. The molecule has 1 amide bonds. The first-order chi connectivity index (χ1) is 13.5. The number of fused-ring (bicyclic) bond motifs is 1. The summed E-state index contributed by atoms with van der Waals surface area (Å²) in [5.74, 6) is 0.464. The van der Waals surface area contributed by atoms with Crippen LogP contribution >= 0.6 is 0 Å². The van der Waals surface area contributed by atoms with E-state index in [1.54, 1.807) is 13.0 Å². The van der Waals surface area contributed by atoms with Crippen LogP contribution in [0.5, 0.6) is 0 Å². The molecule has 4 rings (SSSR count). The minimum Gasteiger partial charge on any atom is -0.378 e. The number of aromatic nitrogens is 1. The van der Waals surface area contributed by atoms with Crippen molar-refractivity contribution in [3.8, 4) is 0 Å². The molecule has 1 fully saturated rings. The first kappa shape index (κ1) is 18.7. The molecule has 3 heterocycles. The smallest absolute Gasteiger partial charge is 0.223 e. The lowest BCUT2D eigenvalue weighted by Crippen LogP contribution is -2.42. The van der Waals surface area contributed by atoms with E-state index in [-0.39, 0.29) is 23.7 Å². The number of anilines is 3. The molecular formula is C21H25FN4O2. The molecule has 1 unspecified atom stereocenters. The Bertz CT molecular complexity index is 852. The number of nitrogens with zero attached hydrogens (tertiary/aromatic N) is 3. The van der Waals surface area contributed by atoms with Crippen LogP contribution < -0.4 is 15.1 Å². The summed E-state index contributed by atoms with van der Waals surface area (Å²) in [6.45, 7) is 7.47. The molecule has 1 saturated heterocycles. The van der Waals surface area contributed by atoms with E-state index in [9.17, 15) is 9.18 Å². The summed E-state index contributed by atoms with van der Waals surface area (Å²) in [6, 6.07) is 9.28. The molecule has 0 aliphatic carbocycles. The normalized spacial score (nSPS) is 22.0. The molecule has 2 aliphatic rings. The van der Waals surface area contributed by atoms with Crippen LogP contribution in [-0.4, -0.2) is 43.7 Å². The number of amides is 1. The number of pyridine rings is 1. The summed E-state index contributed by atoms with van der Waals surface area (Å²) in [5, 5.41) is 3.44. The second-order valence-corrected chi connectivity index (χ2v) is 7.43. The van der Waals surface area contributed by atoms with Crippen molar-refractivity contribution in [2.75, 3.05) is 48.0 Å². The van der Waals surface area contributed by atoms with E-state index in [0.29, 0.717) is 25.6 Å². The number of morpholine rings is 1. The van der Waals surface area contributed by atoms with E-state index in [4.69, 9.17) is 4.74 Å². The molecule has 6 nitrogen and oxygen atoms in total. The average Bonchev–Trinajstić information content (AvgIpc) is 2.71. The number of rotatable bonds is 3. The quantitative estimate of drug-likeness (QED) is 0.881. The Hall–Kier alpha value is -2.67. The lowest BCUT2D eigenvalue weighted by molar-refractivity contribution is -0.116. The Balaban J connectivity index is 1.71. The summed E-state index contributed by atoms with van der Waals surface area (Å²) >= 11 is 0. The molecule has 148 valence electrons. The first-order valence-electron chi connectivity index (χ1n) is 9.66. The Morgan fingerprint density at radius 1 is 1.25 bits per heavy atom. The van der Waals surface area contributed by atoms with Crippen LogP contribution in [0.2, 0.25) is 0 Å². The van der Waals surface area contributed by atoms with Gasteiger partial charge < -0.3 is 19.9 Å². The van der Waals surface area contributed by atoms with Gasteiger partial charge in [0.1, 0.15) is 11.6 Å². The summed E-state index contributed by atoms with van der Waals surface area (Å²) in [7, 11) is 0. The van der Waals surface area contributed by atoms with Gasteiger partial charge >= 0.3 is 0 Å². The highest BCUT2D eigenvalue weighted by Gasteiger charge is 2.33. The summed E-state index contributed by atoms with van der Waals surface area (Å²) in [6.07, 6.45) is 1.21. The number of hydrogen-bond acceptors (Lipinski definition) is 5. The predicted molar refractivity (Wildman–Crippen MR) is 107 cm³/mol. The van der Waals surface area contributed by atoms with Crippen LogP contribution in [0.3, 0.4) is 0 Å². The minimum absolute atomic E-state index is 0.0236.